The van der Waals surface area contributed by atoms with Crippen molar-refractivity contribution in [3.8, 4) is 0 Å². The maximum Gasteiger partial charge on any atom is 0.175 e. The van der Waals surface area contributed by atoms with Crippen molar-refractivity contribution in [1.29, 1.82) is 0 Å². The second-order valence-corrected chi connectivity index (χ2v) is 5.59. The lowest BCUT2D eigenvalue weighted by atomic mass is 10.0. The van der Waals surface area contributed by atoms with E-state index in [1.165, 1.54) is 0 Å². The summed E-state index contributed by atoms with van der Waals surface area (Å²) in [5, 5.41) is 1.21. The number of Topliss-reactive ketones (excluding diaryl/α,β-unsaturated/α-hetero) is 1. The van der Waals surface area contributed by atoms with Crippen LogP contribution < -0.4 is 0 Å². The van der Waals surface area contributed by atoms with Crippen molar-refractivity contribution in [1.82, 2.24) is 4.98 Å². The van der Waals surface area contributed by atoms with Crippen LogP contribution in [-0.4, -0.2) is 21.8 Å². The molecule has 3 heteroatoms. The van der Waals surface area contributed by atoms with Crippen molar-refractivity contribution >= 4 is 28.4 Å². The molecule has 86 valence electrons. The first kappa shape index (κ1) is 10.8. The van der Waals surface area contributed by atoms with Gasteiger partial charge in [-0.15, -0.1) is 0 Å². The van der Waals surface area contributed by atoms with E-state index in [4.69, 9.17) is 0 Å². The van der Waals surface area contributed by atoms with Gasteiger partial charge in [-0.3, -0.25) is 9.78 Å². The second-order valence-electron chi connectivity index (χ2n) is 4.28. The summed E-state index contributed by atoms with van der Waals surface area (Å²) in [4.78, 5) is 16.5. The minimum atomic E-state index is 0.170. The number of benzene rings is 1. The number of carbonyl (C=O) groups excluding carboxylic acids is 1. The van der Waals surface area contributed by atoms with Crippen molar-refractivity contribution in [3.05, 3.63) is 42.1 Å². The molecule has 0 N–H and O–H groups in total. The maximum atomic E-state index is 12.2. The SMILES string of the molecule is O=C(c1ccc2ncccc2c1)C1CCCS1. The van der Waals surface area contributed by atoms with Crippen molar-refractivity contribution in [2.24, 2.45) is 0 Å². The highest BCUT2D eigenvalue weighted by Gasteiger charge is 2.24. The summed E-state index contributed by atoms with van der Waals surface area (Å²) in [5.41, 5.74) is 1.77. The molecule has 0 amide bonds. The summed E-state index contributed by atoms with van der Waals surface area (Å²) in [6.45, 7) is 0. The normalized spacial score (nSPS) is 19.6. The summed E-state index contributed by atoms with van der Waals surface area (Å²) >= 11 is 1.79. The predicted octanol–water partition coefficient (Wildman–Crippen LogP) is 3.31. The van der Waals surface area contributed by atoms with Gasteiger partial charge in [0.1, 0.15) is 0 Å². The highest BCUT2D eigenvalue weighted by atomic mass is 32.2. The Morgan fingerprint density at radius 1 is 1.35 bits per heavy atom. The first-order valence-corrected chi connectivity index (χ1v) is 6.90. The number of hydrogen-bond donors (Lipinski definition) is 0. The number of rotatable bonds is 2. The molecule has 0 saturated carbocycles. The quantitative estimate of drug-likeness (QED) is 0.758. The number of thioether (sulfide) groups is 1. The van der Waals surface area contributed by atoms with Gasteiger partial charge in [-0.05, 0) is 42.9 Å². The fourth-order valence-electron chi connectivity index (χ4n) is 2.20. The molecule has 1 fully saturated rings. The molecule has 3 rings (SSSR count). The Balaban J connectivity index is 1.97. The highest BCUT2D eigenvalue weighted by Crippen LogP contribution is 2.29. The summed E-state index contributed by atoms with van der Waals surface area (Å²) in [5.74, 6) is 1.39. The zero-order valence-electron chi connectivity index (χ0n) is 9.43. The van der Waals surface area contributed by atoms with Crippen LogP contribution >= 0.6 is 11.8 Å². The number of pyridine rings is 1. The average Bonchev–Trinajstić information content (AvgIpc) is 2.91. The lowest BCUT2D eigenvalue weighted by molar-refractivity contribution is 0.0988. The van der Waals surface area contributed by atoms with Crippen molar-refractivity contribution < 1.29 is 4.79 Å². The Bertz CT molecular complexity index is 561. The third kappa shape index (κ3) is 2.07. The van der Waals surface area contributed by atoms with Gasteiger partial charge in [-0.1, -0.05) is 6.07 Å². The van der Waals surface area contributed by atoms with Crippen molar-refractivity contribution in [2.75, 3.05) is 5.75 Å². The standard InChI is InChI=1S/C14H13NOS/c16-14(13-4-2-8-17-13)11-5-6-12-10(9-11)3-1-7-15-12/h1,3,5-7,9,13H,2,4,8H2. The molecule has 0 spiro atoms. The number of aromatic nitrogens is 1. The van der Waals surface area contributed by atoms with E-state index in [1.54, 1.807) is 18.0 Å². The Hall–Kier alpha value is -1.35. The molecule has 0 bridgehead atoms. The summed E-state index contributed by atoms with van der Waals surface area (Å²) in [6, 6.07) is 9.70. The molecule has 0 aliphatic carbocycles. The summed E-state index contributed by atoms with van der Waals surface area (Å²) in [6.07, 6.45) is 3.96. The van der Waals surface area contributed by atoms with Crippen LogP contribution in [0.5, 0.6) is 0 Å². The van der Waals surface area contributed by atoms with Gasteiger partial charge in [-0.25, -0.2) is 0 Å². The molecule has 1 aromatic heterocycles. The molecular weight excluding hydrogens is 230 g/mol. The molecule has 1 aliphatic rings. The van der Waals surface area contributed by atoms with Gasteiger partial charge in [0.2, 0.25) is 0 Å². The average molecular weight is 243 g/mol. The van der Waals surface area contributed by atoms with Crippen LogP contribution in [0.15, 0.2) is 36.5 Å². The van der Waals surface area contributed by atoms with E-state index in [1.807, 2.05) is 30.3 Å². The van der Waals surface area contributed by atoms with Gasteiger partial charge >= 0.3 is 0 Å². The molecule has 2 heterocycles. The predicted molar refractivity (Wildman–Crippen MR) is 71.6 cm³/mol. The zero-order valence-corrected chi connectivity index (χ0v) is 10.2. The molecule has 1 saturated heterocycles. The van der Waals surface area contributed by atoms with Gasteiger partial charge in [0.05, 0.1) is 10.8 Å². The van der Waals surface area contributed by atoms with Gasteiger partial charge in [0.25, 0.3) is 0 Å². The van der Waals surface area contributed by atoms with E-state index in [9.17, 15) is 4.79 Å². The van der Waals surface area contributed by atoms with E-state index >= 15 is 0 Å². The number of fused-ring (bicyclic) bond motifs is 1. The largest absolute Gasteiger partial charge is 0.293 e. The smallest absolute Gasteiger partial charge is 0.175 e. The van der Waals surface area contributed by atoms with Crippen LogP contribution in [0.4, 0.5) is 0 Å². The molecule has 1 unspecified atom stereocenters. The summed E-state index contributed by atoms with van der Waals surface area (Å²) in [7, 11) is 0. The van der Waals surface area contributed by atoms with Crippen LogP contribution in [0.3, 0.4) is 0 Å². The first-order chi connectivity index (χ1) is 8.34. The molecule has 1 atom stereocenters. The number of carbonyl (C=O) groups is 1. The third-order valence-electron chi connectivity index (χ3n) is 3.11. The van der Waals surface area contributed by atoms with E-state index in [2.05, 4.69) is 4.98 Å². The van der Waals surface area contributed by atoms with E-state index in [0.29, 0.717) is 0 Å². The van der Waals surface area contributed by atoms with Crippen molar-refractivity contribution in [2.45, 2.75) is 18.1 Å². The summed E-state index contributed by atoms with van der Waals surface area (Å²) < 4.78 is 0. The van der Waals surface area contributed by atoms with E-state index in [-0.39, 0.29) is 11.0 Å². The van der Waals surface area contributed by atoms with Crippen LogP contribution in [0.2, 0.25) is 0 Å². The number of nitrogens with zero attached hydrogens (tertiary/aromatic N) is 1. The minimum Gasteiger partial charge on any atom is -0.293 e. The number of hydrogen-bond acceptors (Lipinski definition) is 3. The van der Waals surface area contributed by atoms with E-state index in [0.717, 1.165) is 35.1 Å². The van der Waals surface area contributed by atoms with Gasteiger partial charge < -0.3 is 0 Å². The molecule has 0 radical (unpaired) electrons. The lowest BCUT2D eigenvalue weighted by Gasteiger charge is -2.07. The van der Waals surface area contributed by atoms with Crippen molar-refractivity contribution in [3.63, 3.8) is 0 Å². The lowest BCUT2D eigenvalue weighted by Crippen LogP contribution is -2.13. The fourth-order valence-corrected chi connectivity index (χ4v) is 3.44. The maximum absolute atomic E-state index is 12.2. The monoisotopic (exact) mass is 243 g/mol. The van der Waals surface area contributed by atoms with Crippen LogP contribution in [-0.2, 0) is 0 Å². The Morgan fingerprint density at radius 2 is 2.29 bits per heavy atom. The Labute approximate surface area is 104 Å². The van der Waals surface area contributed by atoms with Crippen LogP contribution in [0.25, 0.3) is 10.9 Å². The van der Waals surface area contributed by atoms with E-state index < -0.39 is 0 Å². The highest BCUT2D eigenvalue weighted by molar-refractivity contribution is 8.00. The van der Waals surface area contributed by atoms with Gasteiger partial charge in [-0.2, -0.15) is 11.8 Å². The topological polar surface area (TPSA) is 30.0 Å². The molecular formula is C14H13NOS. The van der Waals surface area contributed by atoms with Crippen LogP contribution in [0, 0.1) is 0 Å². The molecule has 17 heavy (non-hydrogen) atoms. The number of ketones is 1. The molecule has 2 aromatic rings. The van der Waals surface area contributed by atoms with Gasteiger partial charge in [0.15, 0.2) is 5.78 Å². The van der Waals surface area contributed by atoms with Gasteiger partial charge in [0, 0.05) is 17.1 Å². The van der Waals surface area contributed by atoms with Crippen LogP contribution in [0.1, 0.15) is 23.2 Å². The third-order valence-corrected chi connectivity index (χ3v) is 4.49. The second kappa shape index (κ2) is 4.49. The Kier molecular flexibility index (Phi) is 2.85. The first-order valence-electron chi connectivity index (χ1n) is 5.85. The fraction of sp³-hybridized carbons (Fsp3) is 0.286. The molecule has 1 aromatic carbocycles. The zero-order chi connectivity index (χ0) is 11.7. The minimum absolute atomic E-state index is 0.170. The molecule has 2 nitrogen and oxygen atoms in total. The molecule has 1 aliphatic heterocycles. The Morgan fingerprint density at radius 3 is 3.12 bits per heavy atom.